The van der Waals surface area contributed by atoms with Crippen LogP contribution in [-0.4, -0.2) is 0 Å². The van der Waals surface area contributed by atoms with Crippen molar-refractivity contribution in [2.24, 2.45) is 0 Å². The first-order chi connectivity index (χ1) is 9.28. The van der Waals surface area contributed by atoms with Crippen molar-refractivity contribution < 1.29 is 4.74 Å². The summed E-state index contributed by atoms with van der Waals surface area (Å²) in [6.45, 7) is 0. The largest absolute Gasteiger partial charge is 0.485 e. The van der Waals surface area contributed by atoms with Gasteiger partial charge < -0.3 is 4.74 Å². The van der Waals surface area contributed by atoms with Gasteiger partial charge in [-0.2, -0.15) is 5.26 Å². The van der Waals surface area contributed by atoms with Crippen molar-refractivity contribution in [2.45, 2.75) is 18.4 Å². The highest BCUT2D eigenvalue weighted by Gasteiger charge is 2.29. The summed E-state index contributed by atoms with van der Waals surface area (Å²) in [5.74, 6) is 0.587. The lowest BCUT2D eigenvalue weighted by Gasteiger charge is -2.29. The minimum Gasteiger partial charge on any atom is -0.485 e. The first kappa shape index (κ1) is 12.1. The molecular weight excluding hydrogens is 258 g/mol. The third-order valence-corrected chi connectivity index (χ3v) is 3.63. The number of ether oxygens (including phenoxy) is 1. The van der Waals surface area contributed by atoms with Crippen LogP contribution in [-0.2, 0) is 0 Å². The maximum atomic E-state index is 9.34. The Morgan fingerprint density at radius 3 is 2.68 bits per heavy atom. The molecule has 1 aliphatic heterocycles. The fourth-order valence-corrected chi connectivity index (χ4v) is 2.62. The topological polar surface area (TPSA) is 33.0 Å². The molecule has 1 heterocycles. The SMILES string of the molecule is N#CC1CC(c2ccccc2)Oc2ccc(Cl)cc21. The summed E-state index contributed by atoms with van der Waals surface area (Å²) >= 11 is 5.99. The molecule has 0 radical (unpaired) electrons. The van der Waals surface area contributed by atoms with E-state index in [1.54, 1.807) is 6.07 Å². The summed E-state index contributed by atoms with van der Waals surface area (Å²) < 4.78 is 6.00. The number of nitrogens with zero attached hydrogens (tertiary/aromatic N) is 1. The Morgan fingerprint density at radius 1 is 1.16 bits per heavy atom. The van der Waals surface area contributed by atoms with Crippen LogP contribution in [0.4, 0.5) is 0 Å². The smallest absolute Gasteiger partial charge is 0.125 e. The van der Waals surface area contributed by atoms with Gasteiger partial charge in [-0.15, -0.1) is 0 Å². The van der Waals surface area contributed by atoms with E-state index in [4.69, 9.17) is 16.3 Å². The highest BCUT2D eigenvalue weighted by Crippen LogP contribution is 2.42. The molecule has 3 rings (SSSR count). The Hall–Kier alpha value is -1.98. The summed E-state index contributed by atoms with van der Waals surface area (Å²) in [5.41, 5.74) is 1.99. The van der Waals surface area contributed by atoms with Gasteiger partial charge in [-0.1, -0.05) is 41.9 Å². The van der Waals surface area contributed by atoms with E-state index in [-0.39, 0.29) is 12.0 Å². The maximum absolute atomic E-state index is 9.34. The fraction of sp³-hybridized carbons (Fsp3) is 0.188. The monoisotopic (exact) mass is 269 g/mol. The van der Waals surface area contributed by atoms with E-state index in [1.807, 2.05) is 42.5 Å². The molecule has 0 bridgehead atoms. The summed E-state index contributed by atoms with van der Waals surface area (Å²) in [4.78, 5) is 0. The van der Waals surface area contributed by atoms with Gasteiger partial charge >= 0.3 is 0 Å². The maximum Gasteiger partial charge on any atom is 0.125 e. The second kappa shape index (κ2) is 4.95. The highest BCUT2D eigenvalue weighted by atomic mass is 35.5. The quantitative estimate of drug-likeness (QED) is 0.765. The molecule has 0 saturated carbocycles. The first-order valence-electron chi connectivity index (χ1n) is 6.18. The Kier molecular flexibility index (Phi) is 3.15. The van der Waals surface area contributed by atoms with Gasteiger partial charge in [-0.25, -0.2) is 0 Å². The van der Waals surface area contributed by atoms with Crippen molar-refractivity contribution in [3.63, 3.8) is 0 Å². The van der Waals surface area contributed by atoms with Gasteiger partial charge in [0.15, 0.2) is 0 Å². The molecule has 0 fully saturated rings. The van der Waals surface area contributed by atoms with Crippen LogP contribution in [0.15, 0.2) is 48.5 Å². The van der Waals surface area contributed by atoms with Gasteiger partial charge in [-0.3, -0.25) is 0 Å². The van der Waals surface area contributed by atoms with Crippen molar-refractivity contribution in [2.75, 3.05) is 0 Å². The van der Waals surface area contributed by atoms with Crippen LogP contribution in [0.1, 0.15) is 29.6 Å². The number of fused-ring (bicyclic) bond motifs is 1. The van der Waals surface area contributed by atoms with E-state index >= 15 is 0 Å². The molecule has 0 N–H and O–H groups in total. The summed E-state index contributed by atoms with van der Waals surface area (Å²) in [7, 11) is 0. The van der Waals surface area contributed by atoms with Gasteiger partial charge in [0.25, 0.3) is 0 Å². The molecule has 2 atom stereocenters. The Morgan fingerprint density at radius 2 is 1.95 bits per heavy atom. The number of halogens is 1. The highest BCUT2D eigenvalue weighted by molar-refractivity contribution is 6.30. The molecule has 3 heteroatoms. The summed E-state index contributed by atoms with van der Waals surface area (Å²) in [5, 5.41) is 9.98. The van der Waals surface area contributed by atoms with Crippen LogP contribution in [0.25, 0.3) is 0 Å². The molecule has 0 saturated heterocycles. The second-order valence-electron chi connectivity index (χ2n) is 4.62. The molecule has 2 aromatic carbocycles. The van der Waals surface area contributed by atoms with Crippen LogP contribution in [0, 0.1) is 11.3 Å². The standard InChI is InChI=1S/C16H12ClNO/c17-13-6-7-15-14(9-13)12(10-18)8-16(19-15)11-4-2-1-3-5-11/h1-7,9,12,16H,8H2. The van der Waals surface area contributed by atoms with Crippen LogP contribution < -0.4 is 4.74 Å². The number of hydrogen-bond donors (Lipinski definition) is 0. The van der Waals surface area contributed by atoms with Crippen molar-refractivity contribution >= 4 is 11.6 Å². The molecule has 1 aliphatic rings. The van der Waals surface area contributed by atoms with E-state index in [0.29, 0.717) is 11.4 Å². The van der Waals surface area contributed by atoms with E-state index in [9.17, 15) is 5.26 Å². The summed E-state index contributed by atoms with van der Waals surface area (Å²) in [6, 6.07) is 17.8. The predicted molar refractivity (Wildman–Crippen MR) is 74.2 cm³/mol. The van der Waals surface area contributed by atoms with Gasteiger partial charge in [0.05, 0.1) is 12.0 Å². The zero-order chi connectivity index (χ0) is 13.2. The van der Waals surface area contributed by atoms with E-state index in [2.05, 4.69) is 6.07 Å². The molecule has 0 spiro atoms. The van der Waals surface area contributed by atoms with Gasteiger partial charge in [0, 0.05) is 17.0 Å². The van der Waals surface area contributed by atoms with Crippen molar-refractivity contribution in [1.82, 2.24) is 0 Å². The van der Waals surface area contributed by atoms with Crippen molar-refractivity contribution in [3.05, 3.63) is 64.7 Å². The molecule has 2 unspecified atom stereocenters. The number of hydrogen-bond acceptors (Lipinski definition) is 2. The molecule has 94 valence electrons. The normalized spacial score (nSPS) is 21.1. The minimum absolute atomic E-state index is 0.0699. The lowest BCUT2D eigenvalue weighted by Crippen LogP contribution is -2.18. The molecule has 19 heavy (non-hydrogen) atoms. The molecule has 2 nitrogen and oxygen atoms in total. The second-order valence-corrected chi connectivity index (χ2v) is 5.05. The molecular formula is C16H12ClNO. The van der Waals surface area contributed by atoms with E-state index < -0.39 is 0 Å². The number of nitriles is 1. The number of rotatable bonds is 1. The molecule has 2 aromatic rings. The third kappa shape index (κ3) is 2.30. The van der Waals surface area contributed by atoms with Gasteiger partial charge in [0.1, 0.15) is 11.9 Å². The van der Waals surface area contributed by atoms with Crippen molar-refractivity contribution in [3.8, 4) is 11.8 Å². The molecule has 0 aliphatic carbocycles. The average molecular weight is 270 g/mol. The lowest BCUT2D eigenvalue weighted by atomic mass is 9.88. The van der Waals surface area contributed by atoms with Crippen LogP contribution in [0.2, 0.25) is 5.02 Å². The molecule has 0 aromatic heterocycles. The Balaban J connectivity index is 1.99. The van der Waals surface area contributed by atoms with Gasteiger partial charge in [-0.05, 0) is 23.8 Å². The van der Waals surface area contributed by atoms with Crippen LogP contribution >= 0.6 is 11.6 Å². The molecule has 0 amide bonds. The lowest BCUT2D eigenvalue weighted by molar-refractivity contribution is 0.170. The minimum atomic E-state index is -0.173. The zero-order valence-electron chi connectivity index (χ0n) is 10.2. The van der Waals surface area contributed by atoms with Gasteiger partial charge in [0.2, 0.25) is 0 Å². The van der Waals surface area contributed by atoms with E-state index in [0.717, 1.165) is 16.9 Å². The van der Waals surface area contributed by atoms with E-state index in [1.165, 1.54) is 0 Å². The Bertz CT molecular complexity index is 633. The zero-order valence-corrected chi connectivity index (χ0v) is 11.0. The average Bonchev–Trinajstić information content (AvgIpc) is 2.47. The first-order valence-corrected chi connectivity index (χ1v) is 6.56. The van der Waals surface area contributed by atoms with Crippen molar-refractivity contribution in [1.29, 1.82) is 5.26 Å². The predicted octanol–water partition coefficient (Wildman–Crippen LogP) is 4.47. The summed E-state index contributed by atoms with van der Waals surface area (Å²) in [6.07, 6.45) is 0.591. The fourth-order valence-electron chi connectivity index (χ4n) is 2.44. The third-order valence-electron chi connectivity index (χ3n) is 3.39. The van der Waals surface area contributed by atoms with Crippen LogP contribution in [0.3, 0.4) is 0 Å². The Labute approximate surface area is 117 Å². The number of benzene rings is 2. The van der Waals surface area contributed by atoms with Crippen LogP contribution in [0.5, 0.6) is 5.75 Å².